The Kier molecular flexibility index (Phi) is 9.87. The molecule has 10 nitrogen and oxygen atoms in total. The molecule has 49 heavy (non-hydrogen) atoms. The third kappa shape index (κ3) is 7.69. The quantitative estimate of drug-likeness (QED) is 0.114. The van der Waals surface area contributed by atoms with Crippen molar-refractivity contribution in [3.05, 3.63) is 66.1 Å². The molecule has 264 valence electrons. The number of hydrogen-bond donors (Lipinski definition) is 2. The average molecular weight is 706 g/mol. The molecule has 1 aromatic carbocycles. The van der Waals surface area contributed by atoms with Crippen molar-refractivity contribution in [1.29, 1.82) is 0 Å². The van der Waals surface area contributed by atoms with Crippen molar-refractivity contribution in [2.45, 2.75) is 123 Å². The first-order valence-electron chi connectivity index (χ1n) is 16.8. The van der Waals surface area contributed by atoms with Gasteiger partial charge in [0.1, 0.15) is 4.75 Å². The smallest absolute Gasteiger partial charge is 0.495 e. The molecule has 2 N–H and O–H groups in total. The summed E-state index contributed by atoms with van der Waals surface area (Å²) in [5.41, 5.74) is 1.39. The van der Waals surface area contributed by atoms with Gasteiger partial charge in [-0.15, -0.1) is 4.72 Å². The van der Waals surface area contributed by atoms with Crippen molar-refractivity contribution in [3.63, 3.8) is 0 Å². The molecule has 1 saturated heterocycles. The normalized spacial score (nSPS) is 18.6. The molecular formula is C36H52BN5O5SSi. The lowest BCUT2D eigenvalue weighted by molar-refractivity contribution is 0.00578. The summed E-state index contributed by atoms with van der Waals surface area (Å²) in [5.74, 6) is 0.654. The first kappa shape index (κ1) is 37.6. The van der Waals surface area contributed by atoms with Crippen LogP contribution in [0.25, 0.3) is 28.0 Å². The molecule has 0 radical (unpaired) electrons. The molecule has 0 bridgehead atoms. The summed E-state index contributed by atoms with van der Waals surface area (Å²) >= 11 is -1.53. The van der Waals surface area contributed by atoms with E-state index in [2.05, 4.69) is 38.6 Å². The van der Waals surface area contributed by atoms with Crippen molar-refractivity contribution >= 4 is 43.2 Å². The molecule has 0 spiro atoms. The largest absolute Gasteiger partial charge is 0.598 e. The fraction of sp³-hybridized carbons (Fsp3) is 0.528. The van der Waals surface area contributed by atoms with E-state index < -0.39 is 48.5 Å². The highest BCUT2D eigenvalue weighted by Gasteiger charge is 2.52. The topological polar surface area (TPSA) is 127 Å². The van der Waals surface area contributed by atoms with Gasteiger partial charge in [0.15, 0.2) is 19.9 Å². The van der Waals surface area contributed by atoms with Gasteiger partial charge in [-0.25, -0.2) is 14.6 Å². The van der Waals surface area contributed by atoms with Crippen LogP contribution in [-0.2, 0) is 37.4 Å². The molecule has 0 amide bonds. The predicted octanol–water partition coefficient (Wildman–Crippen LogP) is 6.52. The molecule has 1 aliphatic heterocycles. The minimum absolute atomic E-state index is 0.0850. The van der Waals surface area contributed by atoms with Gasteiger partial charge < -0.3 is 23.4 Å². The molecule has 1 fully saturated rings. The van der Waals surface area contributed by atoms with Crippen molar-refractivity contribution < 1.29 is 23.4 Å². The van der Waals surface area contributed by atoms with Crippen LogP contribution in [0.15, 0.2) is 54.7 Å². The van der Waals surface area contributed by atoms with Gasteiger partial charge in [0, 0.05) is 22.3 Å². The highest BCUT2D eigenvalue weighted by molar-refractivity contribution is 7.90. The summed E-state index contributed by atoms with van der Waals surface area (Å²) in [4.78, 5) is 9.83. The molecule has 5 rings (SSSR count). The Labute approximate surface area is 296 Å². The first-order chi connectivity index (χ1) is 22.4. The average Bonchev–Trinajstić information content (AvgIpc) is 3.51. The van der Waals surface area contributed by atoms with Crippen molar-refractivity contribution in [1.82, 2.24) is 24.5 Å². The van der Waals surface area contributed by atoms with Crippen LogP contribution in [-0.4, -0.2) is 60.8 Å². The van der Waals surface area contributed by atoms with Gasteiger partial charge in [0.05, 0.1) is 46.6 Å². The molecule has 0 unspecified atom stereocenters. The molecule has 1 aliphatic rings. The maximum absolute atomic E-state index is 12.9. The number of aliphatic hydroxyl groups is 1. The lowest BCUT2D eigenvalue weighted by Gasteiger charge is -2.36. The molecule has 13 heteroatoms. The van der Waals surface area contributed by atoms with Crippen molar-refractivity contribution in [3.8, 4) is 17.1 Å². The SMILES string of the molecule is CC(C)(C)[S@@+]([O-])N[C@@](C)(O)c1cccc(-c2cc(B3OC(C)(C)C(C)(C)O3)c3cnn(-c4cccc(CO[Si](C)(C)C(C)(C)C)n4)c3c2)n1. The molecule has 0 saturated carbocycles. The third-order valence-electron chi connectivity index (χ3n) is 10.0. The van der Waals surface area contributed by atoms with Crippen molar-refractivity contribution in [2.75, 3.05) is 0 Å². The first-order valence-corrected chi connectivity index (χ1v) is 20.9. The monoisotopic (exact) mass is 705 g/mol. The van der Waals surface area contributed by atoms with E-state index >= 15 is 0 Å². The lowest BCUT2D eigenvalue weighted by Crippen LogP contribution is -2.50. The van der Waals surface area contributed by atoms with Crippen LogP contribution in [0, 0.1) is 0 Å². The van der Waals surface area contributed by atoms with Gasteiger partial charge in [-0.2, -0.15) is 5.10 Å². The van der Waals surface area contributed by atoms with Crippen LogP contribution in [0.2, 0.25) is 18.1 Å². The number of hydrogen-bond acceptors (Lipinski definition) is 9. The second-order valence-electron chi connectivity index (χ2n) is 16.6. The van der Waals surface area contributed by atoms with Gasteiger partial charge >= 0.3 is 7.12 Å². The number of fused-ring (bicyclic) bond motifs is 1. The molecule has 2 atom stereocenters. The summed E-state index contributed by atoms with van der Waals surface area (Å²) in [6, 6.07) is 15.3. The van der Waals surface area contributed by atoms with E-state index in [1.807, 2.05) is 102 Å². The van der Waals surface area contributed by atoms with Crippen LogP contribution in [0.5, 0.6) is 0 Å². The number of pyridine rings is 2. The standard InChI is InChI=1S/C36H52BN5O5SSi/c1-32(2,3)48(44)41-36(11,43)30-18-15-17-28(40-30)24-20-27(37-46-34(7,8)35(9,10)47-37)26-22-38-42(29(26)21-24)31-19-14-16-25(39-31)23-45-49(12,13)33(4,5)6/h14-22,41,43H,23H2,1-13H3/t36-,48+/m0/s1. The van der Waals surface area contributed by atoms with Crippen molar-refractivity contribution in [2.24, 2.45) is 0 Å². The van der Waals surface area contributed by atoms with E-state index in [0.29, 0.717) is 23.8 Å². The highest BCUT2D eigenvalue weighted by Crippen LogP contribution is 2.39. The Balaban J connectivity index is 1.61. The summed E-state index contributed by atoms with van der Waals surface area (Å²) in [5, 5.41) is 17.1. The zero-order valence-electron chi connectivity index (χ0n) is 31.3. The molecule has 4 heterocycles. The number of rotatable bonds is 9. The maximum atomic E-state index is 12.9. The Hall–Kier alpha value is -2.62. The second kappa shape index (κ2) is 12.9. The van der Waals surface area contributed by atoms with Crippen LogP contribution in [0.1, 0.15) is 87.5 Å². The minimum Gasteiger partial charge on any atom is -0.598 e. The molecule has 3 aromatic heterocycles. The highest BCUT2D eigenvalue weighted by atomic mass is 32.2. The van der Waals surface area contributed by atoms with E-state index in [9.17, 15) is 9.66 Å². The Morgan fingerprint density at radius 2 is 1.59 bits per heavy atom. The van der Waals surface area contributed by atoms with Gasteiger partial charge in [-0.3, -0.25) is 0 Å². The number of nitrogens with zero attached hydrogens (tertiary/aromatic N) is 4. The summed E-state index contributed by atoms with van der Waals surface area (Å²) in [6.45, 7) is 26.8. The zero-order valence-corrected chi connectivity index (χ0v) is 33.1. The fourth-order valence-electron chi connectivity index (χ4n) is 5.04. The summed E-state index contributed by atoms with van der Waals surface area (Å²) in [6.07, 6.45) is 1.82. The van der Waals surface area contributed by atoms with E-state index in [0.717, 1.165) is 27.6 Å². The van der Waals surface area contributed by atoms with Crippen LogP contribution < -0.4 is 10.2 Å². The second-order valence-corrected chi connectivity index (χ2v) is 23.4. The van der Waals surface area contributed by atoms with E-state index in [1.54, 1.807) is 13.0 Å². The van der Waals surface area contributed by atoms with Gasteiger partial charge in [-0.05, 0) is 109 Å². The minimum atomic E-state index is -1.98. The van der Waals surface area contributed by atoms with Crippen LogP contribution in [0.4, 0.5) is 0 Å². The van der Waals surface area contributed by atoms with Crippen LogP contribution in [0.3, 0.4) is 0 Å². The lowest BCUT2D eigenvalue weighted by atomic mass is 9.76. The number of benzene rings is 1. The predicted molar refractivity (Wildman–Crippen MR) is 200 cm³/mol. The summed E-state index contributed by atoms with van der Waals surface area (Å²) < 4.78 is 36.6. The van der Waals surface area contributed by atoms with E-state index in [-0.39, 0.29) is 5.04 Å². The number of nitrogens with one attached hydrogen (secondary N) is 1. The fourth-order valence-corrected chi connectivity index (χ4v) is 6.75. The number of aromatic nitrogens is 4. The van der Waals surface area contributed by atoms with Gasteiger partial charge in [-0.1, -0.05) is 39.0 Å². The third-order valence-corrected chi connectivity index (χ3v) is 16.2. The zero-order chi connectivity index (χ0) is 36.4. The Morgan fingerprint density at radius 3 is 2.20 bits per heavy atom. The maximum Gasteiger partial charge on any atom is 0.495 e. The Morgan fingerprint density at radius 1 is 0.959 bits per heavy atom. The van der Waals surface area contributed by atoms with Gasteiger partial charge in [0.25, 0.3) is 0 Å². The van der Waals surface area contributed by atoms with E-state index in [4.69, 9.17) is 28.8 Å². The molecular weight excluding hydrogens is 653 g/mol. The molecule has 0 aliphatic carbocycles. The Bertz CT molecular complexity index is 1820. The summed E-state index contributed by atoms with van der Waals surface area (Å²) in [7, 11) is -2.64. The molecule has 4 aromatic rings. The van der Waals surface area contributed by atoms with Gasteiger partial charge in [0.2, 0.25) is 0 Å². The van der Waals surface area contributed by atoms with E-state index in [1.165, 1.54) is 0 Å². The van der Waals surface area contributed by atoms with Crippen LogP contribution >= 0.6 is 0 Å².